The van der Waals surface area contributed by atoms with Crippen molar-refractivity contribution in [1.29, 1.82) is 0 Å². The van der Waals surface area contributed by atoms with E-state index < -0.39 is 10.3 Å². The fraction of sp³-hybridized carbons (Fsp3) is 0.857. The van der Waals surface area contributed by atoms with Gasteiger partial charge in [-0.3, -0.25) is 0 Å². The van der Waals surface area contributed by atoms with Crippen LogP contribution in [0.25, 0.3) is 0 Å². The van der Waals surface area contributed by atoms with Crippen LogP contribution in [0.4, 0.5) is 0 Å². The normalized spacial score (nSPS) is 12.6. The molecule has 0 fully saturated rings. The monoisotopic (exact) mass is 162 g/mol. The molecule has 1 unspecified atom stereocenters. The number of hydrogen-bond donors (Lipinski definition) is 0. The predicted octanol–water partition coefficient (Wildman–Crippen LogP) is 1.49. The Balaban J connectivity index is 3.59. The summed E-state index contributed by atoms with van der Waals surface area (Å²) in [6.45, 7) is 4.16. The van der Waals surface area contributed by atoms with Crippen molar-refractivity contribution in [3.63, 3.8) is 0 Å². The van der Waals surface area contributed by atoms with Crippen LogP contribution < -0.4 is 0 Å². The summed E-state index contributed by atoms with van der Waals surface area (Å²) < 4.78 is 20.1. The Kier molecular flexibility index (Phi) is 5.30. The summed E-state index contributed by atoms with van der Waals surface area (Å²) in [4.78, 5) is 0. The van der Waals surface area contributed by atoms with Crippen molar-refractivity contribution in [2.75, 3.05) is 0 Å². The van der Waals surface area contributed by atoms with Crippen molar-refractivity contribution in [3.05, 3.63) is 0 Å². The third kappa shape index (κ3) is 5.82. The van der Waals surface area contributed by atoms with Crippen LogP contribution in [-0.2, 0) is 10.3 Å². The van der Waals surface area contributed by atoms with Gasteiger partial charge in [0.2, 0.25) is 10.3 Å². The molecule has 0 aromatic carbocycles. The molecule has 0 saturated heterocycles. The van der Waals surface area contributed by atoms with Crippen LogP contribution in [0.2, 0.25) is 0 Å². The molecule has 0 rings (SSSR count). The first-order chi connectivity index (χ1) is 4.66. The van der Waals surface area contributed by atoms with Gasteiger partial charge in [-0.25, -0.2) is 0 Å². The molecule has 0 bridgehead atoms. The summed E-state index contributed by atoms with van der Waals surface area (Å²) in [5, 5.41) is 1.33. The molecule has 0 aliphatic rings. The molecule has 3 heteroatoms. The molecule has 1 atom stereocenters. The minimum Gasteiger partial charge on any atom is -0.185 e. The summed E-state index contributed by atoms with van der Waals surface area (Å²) in [5.74, 6) is 0.503. The number of rotatable bonds is 4. The Morgan fingerprint density at radius 3 is 2.50 bits per heavy atom. The summed E-state index contributed by atoms with van der Waals surface area (Å²) >= 11 is 0. The largest absolute Gasteiger partial charge is 0.209 e. The average molecular weight is 162 g/mol. The van der Waals surface area contributed by atoms with Crippen LogP contribution in [0.1, 0.15) is 33.1 Å². The second-order valence-electron chi connectivity index (χ2n) is 2.56. The molecule has 0 amide bonds. The van der Waals surface area contributed by atoms with Crippen molar-refractivity contribution >= 4 is 15.7 Å². The molecular formula is C7H14O2S. The topological polar surface area (TPSA) is 34.1 Å². The van der Waals surface area contributed by atoms with Crippen molar-refractivity contribution in [1.82, 2.24) is 0 Å². The first-order valence-corrected chi connectivity index (χ1v) is 4.72. The Morgan fingerprint density at radius 2 is 2.10 bits per heavy atom. The van der Waals surface area contributed by atoms with Gasteiger partial charge in [0.1, 0.15) is 0 Å². The maximum absolute atomic E-state index is 10.1. The predicted molar refractivity (Wildman–Crippen MR) is 43.7 cm³/mol. The molecule has 0 heterocycles. The lowest BCUT2D eigenvalue weighted by Gasteiger charge is -2.02. The maximum atomic E-state index is 10.1. The fourth-order valence-corrected chi connectivity index (χ4v) is 1.34. The minimum absolute atomic E-state index is 0.503. The van der Waals surface area contributed by atoms with Gasteiger partial charge in [0, 0.05) is 5.37 Å². The third-order valence-electron chi connectivity index (χ3n) is 1.42. The van der Waals surface area contributed by atoms with E-state index in [1.807, 2.05) is 0 Å². The molecule has 0 aromatic rings. The first kappa shape index (κ1) is 9.69. The van der Waals surface area contributed by atoms with Gasteiger partial charge < -0.3 is 0 Å². The third-order valence-corrected chi connectivity index (χ3v) is 1.88. The molecule has 60 valence electrons. The van der Waals surface area contributed by atoms with Crippen molar-refractivity contribution in [2.24, 2.45) is 5.92 Å². The minimum atomic E-state index is -1.96. The van der Waals surface area contributed by atoms with Crippen LogP contribution in [0.5, 0.6) is 0 Å². The molecule has 0 radical (unpaired) electrons. The van der Waals surface area contributed by atoms with E-state index >= 15 is 0 Å². The average Bonchev–Trinajstić information content (AvgIpc) is 1.85. The molecule has 10 heavy (non-hydrogen) atoms. The van der Waals surface area contributed by atoms with E-state index in [1.54, 1.807) is 0 Å². The highest BCUT2D eigenvalue weighted by Gasteiger charge is 1.96. The van der Waals surface area contributed by atoms with Crippen molar-refractivity contribution in [2.45, 2.75) is 33.1 Å². The molecule has 0 aromatic heterocycles. The van der Waals surface area contributed by atoms with Crippen LogP contribution in [-0.4, -0.2) is 13.8 Å². The lowest BCUT2D eigenvalue weighted by atomic mass is 10.0. The molecule has 0 saturated carbocycles. The molecule has 0 aliphatic heterocycles. The molecule has 0 spiro atoms. The Hall–Kier alpha value is -0.310. The molecule has 2 nitrogen and oxygen atoms in total. The van der Waals surface area contributed by atoms with Crippen LogP contribution >= 0.6 is 0 Å². The standard InChI is InChI=1S/C7H14O2S/c1-3-4-7(2)5-6-10(8)9/h6-7H,3-5H2,1-2H3. The van der Waals surface area contributed by atoms with E-state index in [0.29, 0.717) is 12.3 Å². The van der Waals surface area contributed by atoms with Gasteiger partial charge >= 0.3 is 0 Å². The van der Waals surface area contributed by atoms with Gasteiger partial charge in [-0.05, 0) is 12.3 Å². The molecular weight excluding hydrogens is 148 g/mol. The summed E-state index contributed by atoms with van der Waals surface area (Å²) in [6, 6.07) is 0. The zero-order valence-corrected chi connectivity index (χ0v) is 7.32. The Morgan fingerprint density at radius 1 is 1.50 bits per heavy atom. The van der Waals surface area contributed by atoms with Crippen molar-refractivity contribution < 1.29 is 8.42 Å². The smallest absolute Gasteiger partial charge is 0.185 e. The summed E-state index contributed by atoms with van der Waals surface area (Å²) in [6.07, 6.45) is 2.91. The summed E-state index contributed by atoms with van der Waals surface area (Å²) in [7, 11) is -1.96. The molecule has 0 N–H and O–H groups in total. The maximum Gasteiger partial charge on any atom is 0.209 e. The Labute approximate surface area is 63.8 Å². The number of hydrogen-bond acceptors (Lipinski definition) is 2. The highest BCUT2D eigenvalue weighted by atomic mass is 32.2. The van der Waals surface area contributed by atoms with E-state index in [2.05, 4.69) is 13.8 Å². The highest BCUT2D eigenvalue weighted by Crippen LogP contribution is 2.06. The van der Waals surface area contributed by atoms with Gasteiger partial charge in [-0.1, -0.05) is 26.7 Å². The van der Waals surface area contributed by atoms with Crippen LogP contribution in [0.15, 0.2) is 0 Å². The fourth-order valence-electron chi connectivity index (χ4n) is 0.853. The van der Waals surface area contributed by atoms with E-state index in [9.17, 15) is 8.42 Å². The lowest BCUT2D eigenvalue weighted by Crippen LogP contribution is -1.94. The van der Waals surface area contributed by atoms with Crippen molar-refractivity contribution in [3.8, 4) is 0 Å². The van der Waals surface area contributed by atoms with Crippen LogP contribution in [0.3, 0.4) is 0 Å². The quantitative estimate of drug-likeness (QED) is 0.587. The Bertz CT molecular complexity index is 184. The van der Waals surface area contributed by atoms with E-state index in [4.69, 9.17) is 0 Å². The van der Waals surface area contributed by atoms with E-state index in [1.165, 1.54) is 5.37 Å². The van der Waals surface area contributed by atoms with Gasteiger partial charge in [0.05, 0.1) is 0 Å². The van der Waals surface area contributed by atoms with Crippen LogP contribution in [0, 0.1) is 5.92 Å². The van der Waals surface area contributed by atoms with E-state index in [-0.39, 0.29) is 0 Å². The first-order valence-electron chi connectivity index (χ1n) is 3.58. The second-order valence-corrected chi connectivity index (χ2v) is 3.41. The van der Waals surface area contributed by atoms with Gasteiger partial charge in [-0.15, -0.1) is 0 Å². The molecule has 0 aliphatic carbocycles. The van der Waals surface area contributed by atoms with E-state index in [0.717, 1.165) is 12.8 Å². The zero-order valence-electron chi connectivity index (χ0n) is 6.50. The van der Waals surface area contributed by atoms with Gasteiger partial charge in [-0.2, -0.15) is 8.42 Å². The summed E-state index contributed by atoms with van der Waals surface area (Å²) in [5.41, 5.74) is 0. The second kappa shape index (κ2) is 5.47. The highest BCUT2D eigenvalue weighted by molar-refractivity contribution is 7.71. The lowest BCUT2D eigenvalue weighted by molar-refractivity contribution is 0.549. The zero-order chi connectivity index (χ0) is 7.98. The van der Waals surface area contributed by atoms with Gasteiger partial charge in [0.15, 0.2) is 0 Å². The van der Waals surface area contributed by atoms with Gasteiger partial charge in [0.25, 0.3) is 0 Å². The SMILES string of the molecule is CCCC(C)CC=S(=O)=O.